The summed E-state index contributed by atoms with van der Waals surface area (Å²) in [6.45, 7) is 2.56. The van der Waals surface area contributed by atoms with Crippen LogP contribution in [0, 0.1) is 11.6 Å². The molecule has 0 bridgehead atoms. The summed E-state index contributed by atoms with van der Waals surface area (Å²) in [4.78, 5) is 16.8. The highest BCUT2D eigenvalue weighted by atomic mass is 19.1. The van der Waals surface area contributed by atoms with Gasteiger partial charge in [0.2, 0.25) is 0 Å². The number of piperazine rings is 1. The summed E-state index contributed by atoms with van der Waals surface area (Å²) in [5.74, 6) is -0.686. The molecule has 1 amide bonds. The molecule has 1 aliphatic rings. The zero-order valence-electron chi connectivity index (χ0n) is 16.0. The molecule has 3 nitrogen and oxygen atoms in total. The van der Waals surface area contributed by atoms with Gasteiger partial charge in [0.25, 0.3) is 5.91 Å². The van der Waals surface area contributed by atoms with Crippen LogP contribution in [-0.4, -0.2) is 41.9 Å². The third-order valence-electron chi connectivity index (χ3n) is 5.36. The summed E-state index contributed by atoms with van der Waals surface area (Å²) in [7, 11) is 0. The highest BCUT2D eigenvalue weighted by Crippen LogP contribution is 2.30. The SMILES string of the molecule is O=C(c1ccc(F)cc1)N1CCN([C@@H](c2ccccc2)c2ccc(F)cc2)CC1. The molecule has 1 aliphatic heterocycles. The first-order valence-electron chi connectivity index (χ1n) is 9.71. The van der Waals surface area contributed by atoms with E-state index in [1.165, 1.54) is 36.4 Å². The van der Waals surface area contributed by atoms with Crippen LogP contribution in [0.15, 0.2) is 78.9 Å². The van der Waals surface area contributed by atoms with Gasteiger partial charge in [0.1, 0.15) is 11.6 Å². The van der Waals surface area contributed by atoms with Gasteiger partial charge in [0.05, 0.1) is 6.04 Å². The maximum Gasteiger partial charge on any atom is 0.253 e. The third kappa shape index (κ3) is 4.35. The first-order valence-corrected chi connectivity index (χ1v) is 9.71. The van der Waals surface area contributed by atoms with E-state index in [1.54, 1.807) is 4.90 Å². The van der Waals surface area contributed by atoms with Crippen LogP contribution in [-0.2, 0) is 0 Å². The van der Waals surface area contributed by atoms with E-state index < -0.39 is 0 Å². The van der Waals surface area contributed by atoms with Crippen molar-refractivity contribution in [1.82, 2.24) is 9.80 Å². The second kappa shape index (κ2) is 8.53. The Morgan fingerprint density at radius 3 is 1.79 bits per heavy atom. The van der Waals surface area contributed by atoms with E-state index in [4.69, 9.17) is 0 Å². The molecule has 1 heterocycles. The molecule has 4 rings (SSSR count). The Labute approximate surface area is 169 Å². The Bertz CT molecular complexity index is 950. The lowest BCUT2D eigenvalue weighted by Gasteiger charge is -2.39. The summed E-state index contributed by atoms with van der Waals surface area (Å²) < 4.78 is 26.6. The molecule has 0 saturated carbocycles. The lowest BCUT2D eigenvalue weighted by molar-refractivity contribution is 0.0597. The van der Waals surface area contributed by atoms with E-state index in [9.17, 15) is 13.6 Å². The zero-order chi connectivity index (χ0) is 20.2. The minimum Gasteiger partial charge on any atom is -0.336 e. The summed E-state index contributed by atoms with van der Waals surface area (Å²) in [5.41, 5.74) is 2.66. The third-order valence-corrected chi connectivity index (χ3v) is 5.36. The summed E-state index contributed by atoms with van der Waals surface area (Å²) in [5, 5.41) is 0. The van der Waals surface area contributed by atoms with Crippen molar-refractivity contribution in [2.75, 3.05) is 26.2 Å². The summed E-state index contributed by atoms with van der Waals surface area (Å²) in [6, 6.07) is 22.4. The Balaban J connectivity index is 1.51. The van der Waals surface area contributed by atoms with Crippen molar-refractivity contribution in [1.29, 1.82) is 0 Å². The Hall–Kier alpha value is -3.05. The second-order valence-corrected chi connectivity index (χ2v) is 7.20. The van der Waals surface area contributed by atoms with Gasteiger partial charge < -0.3 is 4.90 Å². The Kier molecular flexibility index (Phi) is 5.67. The van der Waals surface area contributed by atoms with Crippen LogP contribution in [0.5, 0.6) is 0 Å². The van der Waals surface area contributed by atoms with Crippen LogP contribution in [0.1, 0.15) is 27.5 Å². The number of hydrogen-bond acceptors (Lipinski definition) is 2. The number of halogens is 2. The van der Waals surface area contributed by atoms with Gasteiger partial charge in [-0.25, -0.2) is 8.78 Å². The number of benzene rings is 3. The molecule has 3 aromatic rings. The Morgan fingerprint density at radius 1 is 0.690 bits per heavy atom. The fraction of sp³-hybridized carbons (Fsp3) is 0.208. The average molecular weight is 392 g/mol. The van der Waals surface area contributed by atoms with Crippen LogP contribution in [0.4, 0.5) is 8.78 Å². The summed E-state index contributed by atoms with van der Waals surface area (Å²) in [6.07, 6.45) is 0. The summed E-state index contributed by atoms with van der Waals surface area (Å²) >= 11 is 0. The van der Waals surface area contributed by atoms with Gasteiger partial charge in [0, 0.05) is 31.7 Å². The van der Waals surface area contributed by atoms with Gasteiger partial charge in [-0.15, -0.1) is 0 Å². The standard InChI is InChI=1S/C24H22F2N2O/c25-21-10-6-19(7-11-21)23(18-4-2-1-3-5-18)27-14-16-28(17-15-27)24(29)20-8-12-22(26)13-9-20/h1-13,23H,14-17H2/t23-/m0/s1. The molecule has 0 aromatic heterocycles. The Morgan fingerprint density at radius 2 is 1.21 bits per heavy atom. The molecule has 1 saturated heterocycles. The predicted octanol–water partition coefficient (Wildman–Crippen LogP) is 4.51. The monoisotopic (exact) mass is 392 g/mol. The number of nitrogens with zero attached hydrogens (tertiary/aromatic N) is 2. The molecule has 1 fully saturated rings. The van der Waals surface area contributed by atoms with Gasteiger partial charge in [-0.2, -0.15) is 0 Å². The van der Waals surface area contributed by atoms with Crippen molar-refractivity contribution in [3.8, 4) is 0 Å². The molecule has 0 N–H and O–H groups in total. The number of carbonyl (C=O) groups excluding carboxylic acids is 1. The maximum atomic E-state index is 13.4. The van der Waals surface area contributed by atoms with Crippen molar-refractivity contribution >= 4 is 5.91 Å². The van der Waals surface area contributed by atoms with E-state index in [0.29, 0.717) is 31.7 Å². The second-order valence-electron chi connectivity index (χ2n) is 7.20. The minimum atomic E-state index is -0.351. The van der Waals surface area contributed by atoms with Gasteiger partial charge in [-0.05, 0) is 47.5 Å². The molecule has 0 spiro atoms. The van der Waals surface area contributed by atoms with Crippen molar-refractivity contribution in [3.05, 3.63) is 107 Å². The highest BCUT2D eigenvalue weighted by Gasteiger charge is 2.28. The molecule has 29 heavy (non-hydrogen) atoms. The average Bonchev–Trinajstić information content (AvgIpc) is 2.77. The first kappa shape index (κ1) is 19.3. The molecule has 0 aliphatic carbocycles. The van der Waals surface area contributed by atoms with E-state index >= 15 is 0 Å². The predicted molar refractivity (Wildman–Crippen MR) is 109 cm³/mol. The largest absolute Gasteiger partial charge is 0.336 e. The van der Waals surface area contributed by atoms with Crippen molar-refractivity contribution in [2.24, 2.45) is 0 Å². The normalized spacial score (nSPS) is 15.9. The molecular formula is C24H22F2N2O. The van der Waals surface area contributed by atoms with Crippen LogP contribution in [0.2, 0.25) is 0 Å². The minimum absolute atomic E-state index is 0.000117. The fourth-order valence-corrected chi connectivity index (χ4v) is 3.85. The van der Waals surface area contributed by atoms with Gasteiger partial charge >= 0.3 is 0 Å². The van der Waals surface area contributed by atoms with Crippen LogP contribution in [0.3, 0.4) is 0 Å². The number of hydrogen-bond donors (Lipinski definition) is 0. The highest BCUT2D eigenvalue weighted by molar-refractivity contribution is 5.94. The quantitative estimate of drug-likeness (QED) is 0.652. The van der Waals surface area contributed by atoms with E-state index in [0.717, 1.165) is 11.1 Å². The molecule has 0 unspecified atom stereocenters. The van der Waals surface area contributed by atoms with Crippen LogP contribution in [0.25, 0.3) is 0 Å². The van der Waals surface area contributed by atoms with Crippen LogP contribution >= 0.6 is 0 Å². The van der Waals surface area contributed by atoms with Gasteiger partial charge in [-0.1, -0.05) is 42.5 Å². The smallest absolute Gasteiger partial charge is 0.253 e. The number of carbonyl (C=O) groups is 1. The van der Waals surface area contributed by atoms with Crippen LogP contribution < -0.4 is 0 Å². The number of amides is 1. The molecule has 1 atom stereocenters. The zero-order valence-corrected chi connectivity index (χ0v) is 16.0. The molecule has 5 heteroatoms. The number of rotatable bonds is 4. The van der Waals surface area contributed by atoms with Crippen molar-refractivity contribution < 1.29 is 13.6 Å². The maximum absolute atomic E-state index is 13.4. The van der Waals surface area contributed by atoms with Gasteiger partial charge in [-0.3, -0.25) is 9.69 Å². The molecule has 148 valence electrons. The lowest BCUT2D eigenvalue weighted by atomic mass is 9.96. The van der Waals surface area contributed by atoms with Crippen molar-refractivity contribution in [2.45, 2.75) is 6.04 Å². The van der Waals surface area contributed by atoms with E-state index in [2.05, 4.69) is 17.0 Å². The molecule has 0 radical (unpaired) electrons. The van der Waals surface area contributed by atoms with E-state index in [1.807, 2.05) is 30.3 Å². The first-order chi connectivity index (χ1) is 14.1. The lowest BCUT2D eigenvalue weighted by Crippen LogP contribution is -2.49. The van der Waals surface area contributed by atoms with Crippen molar-refractivity contribution in [3.63, 3.8) is 0 Å². The fourth-order valence-electron chi connectivity index (χ4n) is 3.85. The van der Waals surface area contributed by atoms with Gasteiger partial charge in [0.15, 0.2) is 0 Å². The molecule has 3 aromatic carbocycles. The molecular weight excluding hydrogens is 370 g/mol. The van der Waals surface area contributed by atoms with E-state index in [-0.39, 0.29) is 23.6 Å². The topological polar surface area (TPSA) is 23.6 Å².